The predicted octanol–water partition coefficient (Wildman–Crippen LogP) is 0.613. The van der Waals surface area contributed by atoms with E-state index in [1.54, 1.807) is 6.07 Å². The zero-order chi connectivity index (χ0) is 11.4. The normalized spacial score (nSPS) is 10.1. The van der Waals surface area contributed by atoms with Gasteiger partial charge in [-0.05, 0) is 6.08 Å². The second-order valence-corrected chi connectivity index (χ2v) is 2.52. The van der Waals surface area contributed by atoms with Crippen molar-refractivity contribution in [1.29, 1.82) is 5.26 Å². The summed E-state index contributed by atoms with van der Waals surface area (Å²) in [7, 11) is 0. The summed E-state index contributed by atoms with van der Waals surface area (Å²) in [5, 5.41) is 17.0. The van der Waals surface area contributed by atoms with Crippen LogP contribution < -0.4 is 5.73 Å². The maximum atomic E-state index is 10.7. The first-order chi connectivity index (χ1) is 7.06. The van der Waals surface area contributed by atoms with E-state index in [0.29, 0.717) is 0 Å². The summed E-state index contributed by atoms with van der Waals surface area (Å²) < 4.78 is 4.85. The van der Waals surface area contributed by atoms with E-state index in [-0.39, 0.29) is 17.1 Å². The monoisotopic (exact) mass is 206 g/mol. The molecule has 0 radical (unpaired) electrons. The molecule has 0 saturated carbocycles. The molecule has 76 valence electrons. The number of carboxylic acids is 1. The Kier molecular flexibility index (Phi) is 2.88. The third-order valence-corrected chi connectivity index (χ3v) is 1.54. The lowest BCUT2D eigenvalue weighted by atomic mass is 10.2. The van der Waals surface area contributed by atoms with Gasteiger partial charge in [-0.2, -0.15) is 5.26 Å². The number of carboxylic acid groups (broad SMARTS) is 1. The highest BCUT2D eigenvalue weighted by Gasteiger charge is 2.17. The number of aromatic carboxylic acids is 1. The summed E-state index contributed by atoms with van der Waals surface area (Å²) in [5.41, 5.74) is 4.70. The van der Waals surface area contributed by atoms with Crippen molar-refractivity contribution in [3.05, 3.63) is 29.2 Å². The van der Waals surface area contributed by atoms with E-state index >= 15 is 0 Å². The standard InChI is InChI=1S/C9H6N2O4/c10-3-1-2-6-5(9(13)14)4-7(15-6)8(11)12/h1-2,4H,(H2,11,12)(H,13,14)/b2-1+. The zero-order valence-corrected chi connectivity index (χ0v) is 7.43. The Labute approximate surface area is 84.2 Å². The van der Waals surface area contributed by atoms with Gasteiger partial charge in [0.2, 0.25) is 0 Å². The molecular formula is C9H6N2O4. The van der Waals surface area contributed by atoms with Crippen molar-refractivity contribution < 1.29 is 19.1 Å². The smallest absolute Gasteiger partial charge is 0.339 e. The number of amides is 1. The largest absolute Gasteiger partial charge is 0.478 e. The van der Waals surface area contributed by atoms with Gasteiger partial charge < -0.3 is 15.3 Å². The summed E-state index contributed by atoms with van der Waals surface area (Å²) in [6.07, 6.45) is 2.19. The van der Waals surface area contributed by atoms with E-state index in [0.717, 1.165) is 18.2 Å². The van der Waals surface area contributed by atoms with Gasteiger partial charge in [0.25, 0.3) is 5.91 Å². The molecule has 0 fully saturated rings. The highest BCUT2D eigenvalue weighted by Crippen LogP contribution is 2.16. The molecule has 0 aliphatic heterocycles. The Morgan fingerprint density at radius 2 is 2.27 bits per heavy atom. The first kappa shape index (κ1) is 10.5. The quantitative estimate of drug-likeness (QED) is 0.702. The topological polar surface area (TPSA) is 117 Å². The average Bonchev–Trinajstić information content (AvgIpc) is 2.58. The summed E-state index contributed by atoms with van der Waals surface area (Å²) in [6, 6.07) is 2.69. The summed E-state index contributed by atoms with van der Waals surface area (Å²) in [6.45, 7) is 0. The van der Waals surface area contributed by atoms with E-state index < -0.39 is 11.9 Å². The lowest BCUT2D eigenvalue weighted by Crippen LogP contribution is -2.09. The number of hydrogen-bond acceptors (Lipinski definition) is 4. The number of carbonyl (C=O) groups excluding carboxylic acids is 1. The maximum Gasteiger partial charge on any atom is 0.339 e. The highest BCUT2D eigenvalue weighted by molar-refractivity contribution is 5.97. The molecular weight excluding hydrogens is 200 g/mol. The molecule has 1 aromatic heterocycles. The fourth-order valence-corrected chi connectivity index (χ4v) is 0.930. The Morgan fingerprint density at radius 1 is 1.60 bits per heavy atom. The van der Waals surface area contributed by atoms with Crippen LogP contribution in [0.1, 0.15) is 26.7 Å². The summed E-state index contributed by atoms with van der Waals surface area (Å²) in [4.78, 5) is 21.4. The van der Waals surface area contributed by atoms with Gasteiger partial charge in [0.05, 0.1) is 6.07 Å². The molecule has 0 saturated heterocycles. The number of nitrogens with two attached hydrogens (primary N) is 1. The van der Waals surface area contributed by atoms with Crippen LogP contribution in [0.3, 0.4) is 0 Å². The Bertz CT molecular complexity index is 479. The molecule has 1 amide bonds. The van der Waals surface area contributed by atoms with Crippen LogP contribution in [0.15, 0.2) is 16.6 Å². The summed E-state index contributed by atoms with van der Waals surface area (Å²) in [5.74, 6) is -2.47. The number of primary amides is 1. The number of carbonyl (C=O) groups is 2. The molecule has 0 aliphatic rings. The van der Waals surface area contributed by atoms with Crippen molar-refractivity contribution in [2.45, 2.75) is 0 Å². The lowest BCUT2D eigenvalue weighted by molar-refractivity contribution is 0.0695. The van der Waals surface area contributed by atoms with Gasteiger partial charge in [0, 0.05) is 12.1 Å². The number of nitriles is 1. The van der Waals surface area contributed by atoms with E-state index in [4.69, 9.17) is 20.5 Å². The van der Waals surface area contributed by atoms with Crippen LogP contribution in [0.5, 0.6) is 0 Å². The minimum atomic E-state index is -1.26. The number of hydrogen-bond donors (Lipinski definition) is 2. The Morgan fingerprint density at radius 3 is 2.73 bits per heavy atom. The molecule has 0 spiro atoms. The molecule has 0 aliphatic carbocycles. The number of rotatable bonds is 3. The molecule has 0 unspecified atom stereocenters. The van der Waals surface area contributed by atoms with E-state index in [2.05, 4.69) is 0 Å². The molecule has 3 N–H and O–H groups in total. The minimum Gasteiger partial charge on any atom is -0.478 e. The van der Waals surface area contributed by atoms with Crippen LogP contribution in [-0.2, 0) is 0 Å². The molecule has 1 aromatic rings. The molecule has 1 rings (SSSR count). The number of furan rings is 1. The van der Waals surface area contributed by atoms with Crippen molar-refractivity contribution in [3.63, 3.8) is 0 Å². The van der Waals surface area contributed by atoms with E-state index in [1.807, 2.05) is 0 Å². The van der Waals surface area contributed by atoms with Crippen LogP contribution >= 0.6 is 0 Å². The van der Waals surface area contributed by atoms with Gasteiger partial charge in [0.1, 0.15) is 11.3 Å². The van der Waals surface area contributed by atoms with Crippen molar-refractivity contribution in [2.24, 2.45) is 5.73 Å². The Hall–Kier alpha value is -2.55. The van der Waals surface area contributed by atoms with Crippen LogP contribution in [0, 0.1) is 11.3 Å². The molecule has 1 heterocycles. The second-order valence-electron chi connectivity index (χ2n) is 2.52. The third kappa shape index (κ3) is 2.22. The van der Waals surface area contributed by atoms with Crippen molar-refractivity contribution in [1.82, 2.24) is 0 Å². The SMILES string of the molecule is N#C/C=C/c1oc(C(N)=O)cc1C(=O)O. The Balaban J connectivity index is 3.24. The van der Waals surface area contributed by atoms with Gasteiger partial charge in [-0.3, -0.25) is 4.79 Å². The first-order valence-electron chi connectivity index (χ1n) is 3.79. The third-order valence-electron chi connectivity index (χ3n) is 1.54. The van der Waals surface area contributed by atoms with Crippen LogP contribution in [0.25, 0.3) is 6.08 Å². The lowest BCUT2D eigenvalue weighted by Gasteiger charge is -1.88. The maximum absolute atomic E-state index is 10.7. The van der Waals surface area contributed by atoms with Crippen molar-refractivity contribution in [2.75, 3.05) is 0 Å². The van der Waals surface area contributed by atoms with E-state index in [1.165, 1.54) is 0 Å². The fraction of sp³-hybridized carbons (Fsp3) is 0. The zero-order valence-electron chi connectivity index (χ0n) is 7.43. The number of allylic oxidation sites excluding steroid dienone is 1. The summed E-state index contributed by atoms with van der Waals surface area (Å²) >= 11 is 0. The van der Waals surface area contributed by atoms with E-state index in [9.17, 15) is 9.59 Å². The first-order valence-corrected chi connectivity index (χ1v) is 3.79. The van der Waals surface area contributed by atoms with Crippen molar-refractivity contribution in [3.8, 4) is 6.07 Å². The molecule has 0 atom stereocenters. The van der Waals surface area contributed by atoms with Crippen LogP contribution in [0.4, 0.5) is 0 Å². The number of nitrogens with zero attached hydrogens (tertiary/aromatic N) is 1. The van der Waals surface area contributed by atoms with Crippen LogP contribution in [-0.4, -0.2) is 17.0 Å². The van der Waals surface area contributed by atoms with Crippen molar-refractivity contribution >= 4 is 18.0 Å². The van der Waals surface area contributed by atoms with Gasteiger partial charge in [-0.25, -0.2) is 4.79 Å². The predicted molar refractivity (Wildman–Crippen MR) is 48.8 cm³/mol. The van der Waals surface area contributed by atoms with Gasteiger partial charge in [-0.1, -0.05) is 0 Å². The minimum absolute atomic E-state index is 0.0853. The van der Waals surface area contributed by atoms with Gasteiger partial charge >= 0.3 is 5.97 Å². The second kappa shape index (κ2) is 4.11. The molecule has 0 aromatic carbocycles. The molecule has 0 bridgehead atoms. The molecule has 6 nitrogen and oxygen atoms in total. The van der Waals surface area contributed by atoms with Crippen LogP contribution in [0.2, 0.25) is 0 Å². The van der Waals surface area contributed by atoms with Gasteiger partial charge in [-0.15, -0.1) is 0 Å². The highest BCUT2D eigenvalue weighted by atomic mass is 16.4. The average molecular weight is 206 g/mol. The van der Waals surface area contributed by atoms with Gasteiger partial charge in [0.15, 0.2) is 5.76 Å². The fourth-order valence-electron chi connectivity index (χ4n) is 0.930. The molecule has 15 heavy (non-hydrogen) atoms. The molecule has 6 heteroatoms.